The van der Waals surface area contributed by atoms with Gasteiger partial charge in [-0.05, 0) is 49.2 Å². The van der Waals surface area contributed by atoms with Crippen molar-refractivity contribution in [3.8, 4) is 11.5 Å². The molecule has 3 aliphatic heterocycles. The molecule has 2 fully saturated rings. The molecular weight excluding hydrogens is 535 g/mol. The van der Waals surface area contributed by atoms with E-state index in [0.29, 0.717) is 30.2 Å². The van der Waals surface area contributed by atoms with Gasteiger partial charge < -0.3 is 33.9 Å². The van der Waals surface area contributed by atoms with Crippen molar-refractivity contribution in [1.82, 2.24) is 15.1 Å². The fourth-order valence-corrected chi connectivity index (χ4v) is 5.27. The third-order valence-electron chi connectivity index (χ3n) is 7.24. The fourth-order valence-electron chi connectivity index (χ4n) is 5.27. The molecule has 0 bridgehead atoms. The topological polar surface area (TPSA) is 113 Å². The van der Waals surface area contributed by atoms with Gasteiger partial charge >= 0.3 is 6.03 Å². The molecule has 0 spiro atoms. The van der Waals surface area contributed by atoms with Gasteiger partial charge in [0.2, 0.25) is 0 Å². The third kappa shape index (κ3) is 5.76. The molecule has 41 heavy (non-hydrogen) atoms. The number of fused-ring (bicyclic) bond motifs is 2. The molecule has 2 amide bonds. The van der Waals surface area contributed by atoms with Crippen LogP contribution in [0.25, 0.3) is 0 Å². The molecule has 4 atom stereocenters. The summed E-state index contributed by atoms with van der Waals surface area (Å²) in [6, 6.07) is 9.88. The lowest BCUT2D eigenvalue weighted by molar-refractivity contribution is -0.177. The third-order valence-corrected chi connectivity index (χ3v) is 7.24. The van der Waals surface area contributed by atoms with Gasteiger partial charge in [-0.1, -0.05) is 12.1 Å². The van der Waals surface area contributed by atoms with Crippen molar-refractivity contribution < 1.29 is 37.7 Å². The molecule has 3 aliphatic rings. The molecule has 12 heteroatoms. The minimum atomic E-state index is -0.952. The number of nitrogens with one attached hydrogen (secondary N) is 1. The summed E-state index contributed by atoms with van der Waals surface area (Å²) in [5, 5.41) is 6.79. The Balaban J connectivity index is 1.07. The molecule has 2 saturated heterocycles. The van der Waals surface area contributed by atoms with Crippen LogP contribution in [-0.2, 0) is 25.4 Å². The summed E-state index contributed by atoms with van der Waals surface area (Å²) in [6.07, 6.45) is 2.86. The van der Waals surface area contributed by atoms with Gasteiger partial charge in [-0.15, -0.1) is 0 Å². The first-order chi connectivity index (χ1) is 19.6. The highest BCUT2D eigenvalue weighted by Gasteiger charge is 2.50. The van der Waals surface area contributed by atoms with Crippen molar-refractivity contribution in [2.24, 2.45) is 0 Å². The summed E-state index contributed by atoms with van der Waals surface area (Å²) in [7, 11) is 1.61. The van der Waals surface area contributed by atoms with Crippen LogP contribution in [0.5, 0.6) is 11.5 Å². The van der Waals surface area contributed by atoms with Gasteiger partial charge in [-0.2, -0.15) is 9.78 Å². The zero-order valence-corrected chi connectivity index (χ0v) is 22.9. The van der Waals surface area contributed by atoms with E-state index in [1.807, 2.05) is 13.8 Å². The van der Waals surface area contributed by atoms with E-state index in [-0.39, 0.29) is 43.3 Å². The minimum Gasteiger partial charge on any atom is -0.491 e. The van der Waals surface area contributed by atoms with Crippen molar-refractivity contribution in [2.45, 2.75) is 50.4 Å². The Labute approximate surface area is 236 Å². The normalized spacial score (nSPS) is 24.8. The van der Waals surface area contributed by atoms with Gasteiger partial charge in [-0.3, -0.25) is 4.79 Å². The first-order valence-corrected chi connectivity index (χ1v) is 13.4. The Hall–Kier alpha value is -4.00. The quantitative estimate of drug-likeness (QED) is 0.485. The van der Waals surface area contributed by atoms with Crippen LogP contribution < -0.4 is 19.7 Å². The second kappa shape index (κ2) is 10.8. The number of halogens is 1. The van der Waals surface area contributed by atoms with E-state index in [2.05, 4.69) is 10.4 Å². The van der Waals surface area contributed by atoms with Crippen LogP contribution in [0.4, 0.5) is 14.9 Å². The number of carbonyl (C=O) groups excluding carboxylic acids is 2. The molecule has 6 rings (SSSR count). The van der Waals surface area contributed by atoms with Crippen molar-refractivity contribution in [3.63, 3.8) is 0 Å². The van der Waals surface area contributed by atoms with Gasteiger partial charge in [0.1, 0.15) is 54.9 Å². The SMILES string of the molecule is CN1C(=O)[C@@H](NC(=O)n2cc(Cc3cccc(F)c3)cn2)COc2ccc(OC[C@H]3OC[C@@H]4OC(C)(C)O[C@@H]43)cc21. The first kappa shape index (κ1) is 27.2. The van der Waals surface area contributed by atoms with Crippen LogP contribution in [0.2, 0.25) is 0 Å². The van der Waals surface area contributed by atoms with Gasteiger partial charge in [0.15, 0.2) is 5.79 Å². The van der Waals surface area contributed by atoms with E-state index >= 15 is 0 Å². The zero-order valence-electron chi connectivity index (χ0n) is 22.9. The molecule has 0 saturated carbocycles. The molecule has 2 aromatic carbocycles. The Morgan fingerprint density at radius 3 is 2.85 bits per heavy atom. The molecule has 1 N–H and O–H groups in total. The van der Waals surface area contributed by atoms with Crippen molar-refractivity contribution in [1.29, 1.82) is 0 Å². The Morgan fingerprint density at radius 1 is 1.17 bits per heavy atom. The van der Waals surface area contributed by atoms with Crippen LogP contribution in [-0.4, -0.2) is 78.7 Å². The maximum atomic E-state index is 13.5. The summed E-state index contributed by atoms with van der Waals surface area (Å²) < 4.78 is 44.1. The number of anilines is 1. The van der Waals surface area contributed by atoms with Crippen LogP contribution in [0.3, 0.4) is 0 Å². The number of benzene rings is 2. The number of aromatic nitrogens is 2. The number of likely N-dealkylation sites (N-methyl/N-ethyl adjacent to an activating group) is 1. The van der Waals surface area contributed by atoms with E-state index < -0.39 is 17.9 Å². The molecule has 4 heterocycles. The minimum absolute atomic E-state index is 0.0638. The van der Waals surface area contributed by atoms with Gasteiger partial charge in [0, 0.05) is 25.7 Å². The average molecular weight is 567 g/mol. The summed E-state index contributed by atoms with van der Waals surface area (Å²) in [6.45, 7) is 4.38. The highest BCUT2D eigenvalue weighted by Crippen LogP contribution is 2.37. The van der Waals surface area contributed by atoms with Crippen molar-refractivity contribution in [2.75, 3.05) is 31.8 Å². The standard InChI is InChI=1S/C29H31FN4O7/c1-29(2)40-25-16-39-24(26(25)41-29)15-37-20-7-8-23-22(11-20)33(3)27(35)21(14-38-23)32-28(36)34-13-18(12-31-34)9-17-5-4-6-19(30)10-17/h4-8,10-13,21,24-26H,9,14-16H2,1-3H3,(H,32,36)/t21-,24+,25-,26+/m0/s1. The molecule has 3 aromatic rings. The van der Waals surface area contributed by atoms with Crippen molar-refractivity contribution >= 4 is 17.6 Å². The molecule has 216 valence electrons. The van der Waals surface area contributed by atoms with E-state index in [1.165, 1.54) is 23.2 Å². The number of nitrogens with zero attached hydrogens (tertiary/aromatic N) is 3. The van der Waals surface area contributed by atoms with Gasteiger partial charge in [-0.25, -0.2) is 9.18 Å². The number of carbonyl (C=O) groups is 2. The molecule has 1 aromatic heterocycles. The van der Waals surface area contributed by atoms with E-state index in [0.717, 1.165) is 15.8 Å². The number of hydrogen-bond donors (Lipinski definition) is 1. The second-order valence-electron chi connectivity index (χ2n) is 10.8. The first-order valence-electron chi connectivity index (χ1n) is 13.4. The summed E-state index contributed by atoms with van der Waals surface area (Å²) in [4.78, 5) is 27.6. The predicted molar refractivity (Wildman–Crippen MR) is 144 cm³/mol. The lowest BCUT2D eigenvalue weighted by atomic mass is 10.1. The number of amides is 2. The molecule has 0 unspecified atom stereocenters. The number of hydrogen-bond acceptors (Lipinski definition) is 8. The maximum absolute atomic E-state index is 13.5. The molecule has 0 radical (unpaired) electrons. The predicted octanol–water partition coefficient (Wildman–Crippen LogP) is 2.89. The van der Waals surface area contributed by atoms with Gasteiger partial charge in [0.05, 0.1) is 18.5 Å². The van der Waals surface area contributed by atoms with Crippen molar-refractivity contribution in [3.05, 3.63) is 71.8 Å². The van der Waals surface area contributed by atoms with E-state index in [4.69, 9.17) is 23.7 Å². The van der Waals surface area contributed by atoms with Crippen LogP contribution in [0, 0.1) is 5.82 Å². The number of rotatable bonds is 6. The summed E-state index contributed by atoms with van der Waals surface area (Å²) in [5.41, 5.74) is 1.98. The Kier molecular flexibility index (Phi) is 7.14. The summed E-state index contributed by atoms with van der Waals surface area (Å²) in [5.74, 6) is -0.338. The average Bonchev–Trinajstić information content (AvgIpc) is 3.61. The fraction of sp³-hybridized carbons (Fsp3) is 0.414. The Morgan fingerprint density at radius 2 is 2.02 bits per heavy atom. The van der Waals surface area contributed by atoms with Crippen LogP contribution in [0.1, 0.15) is 25.0 Å². The lowest BCUT2D eigenvalue weighted by Crippen LogP contribution is -2.50. The zero-order chi connectivity index (χ0) is 28.7. The number of ether oxygens (including phenoxy) is 5. The largest absolute Gasteiger partial charge is 0.491 e. The van der Waals surface area contributed by atoms with Gasteiger partial charge in [0.25, 0.3) is 5.91 Å². The lowest BCUT2D eigenvalue weighted by Gasteiger charge is -2.22. The highest BCUT2D eigenvalue weighted by atomic mass is 19.1. The van der Waals surface area contributed by atoms with Crippen LogP contribution >= 0.6 is 0 Å². The Bertz CT molecular complexity index is 1460. The van der Waals surface area contributed by atoms with Crippen LogP contribution in [0.15, 0.2) is 54.9 Å². The molecular formula is C29H31FN4O7. The maximum Gasteiger partial charge on any atom is 0.342 e. The molecule has 11 nitrogen and oxygen atoms in total. The second-order valence-corrected chi connectivity index (χ2v) is 10.8. The smallest absolute Gasteiger partial charge is 0.342 e. The van der Waals surface area contributed by atoms with E-state index in [1.54, 1.807) is 43.6 Å². The summed E-state index contributed by atoms with van der Waals surface area (Å²) >= 11 is 0. The monoisotopic (exact) mass is 566 g/mol. The highest BCUT2D eigenvalue weighted by molar-refractivity contribution is 6.00. The van der Waals surface area contributed by atoms with E-state index in [9.17, 15) is 14.0 Å². The molecule has 0 aliphatic carbocycles.